The van der Waals surface area contributed by atoms with Crippen LogP contribution < -0.4 is 4.74 Å². The molecule has 1 fully saturated rings. The van der Waals surface area contributed by atoms with E-state index in [9.17, 15) is 10.1 Å². The van der Waals surface area contributed by atoms with Gasteiger partial charge in [0.2, 0.25) is 0 Å². The van der Waals surface area contributed by atoms with Crippen molar-refractivity contribution >= 4 is 5.78 Å². The molecule has 1 aromatic carbocycles. The van der Waals surface area contributed by atoms with Crippen molar-refractivity contribution in [2.45, 2.75) is 18.9 Å². The topological polar surface area (TPSA) is 68.5 Å². The van der Waals surface area contributed by atoms with Gasteiger partial charge in [-0.2, -0.15) is 5.26 Å². The number of hydrogen-bond acceptors (Lipinski definition) is 5. The van der Waals surface area contributed by atoms with Gasteiger partial charge in [-0.25, -0.2) is 0 Å². The molecular formula is C15H17NO4. The van der Waals surface area contributed by atoms with E-state index in [1.54, 1.807) is 19.2 Å². The van der Waals surface area contributed by atoms with Crippen LogP contribution in [-0.4, -0.2) is 38.8 Å². The number of aryl methyl sites for hydroxylation is 1. The highest BCUT2D eigenvalue weighted by Crippen LogP contribution is 2.26. The maximum absolute atomic E-state index is 12.3. The van der Waals surface area contributed by atoms with Crippen molar-refractivity contribution in [1.29, 1.82) is 5.26 Å². The van der Waals surface area contributed by atoms with Crippen LogP contribution in [0.1, 0.15) is 17.0 Å². The maximum atomic E-state index is 12.3. The lowest BCUT2D eigenvalue weighted by Gasteiger charge is -2.23. The Balaban J connectivity index is 2.23. The summed E-state index contributed by atoms with van der Waals surface area (Å²) in [5.74, 6) is -0.467. The molecule has 0 saturated carbocycles. The average molecular weight is 275 g/mol. The van der Waals surface area contributed by atoms with E-state index in [-0.39, 0.29) is 12.4 Å². The molecule has 2 unspecified atom stereocenters. The standard InChI is InChI=1S/C15H17NO4/c1-10-3-4-11(7-13(10)18-2)12(8-16)15(17)14-9-19-5-6-20-14/h3-4,7,12,14H,5-6,9H2,1-2H3. The summed E-state index contributed by atoms with van der Waals surface area (Å²) in [6.45, 7) is 2.98. The van der Waals surface area contributed by atoms with Crippen LogP contribution in [0.3, 0.4) is 0 Å². The van der Waals surface area contributed by atoms with Crippen molar-refractivity contribution in [3.63, 3.8) is 0 Å². The summed E-state index contributed by atoms with van der Waals surface area (Å²) in [4.78, 5) is 12.3. The Kier molecular flexibility index (Phi) is 4.72. The highest BCUT2D eigenvalue weighted by molar-refractivity contribution is 5.92. The fourth-order valence-corrected chi connectivity index (χ4v) is 2.16. The number of ether oxygens (including phenoxy) is 3. The zero-order valence-corrected chi connectivity index (χ0v) is 11.6. The third kappa shape index (κ3) is 2.98. The first-order chi connectivity index (χ1) is 9.67. The average Bonchev–Trinajstić information content (AvgIpc) is 2.50. The molecule has 0 aromatic heterocycles. The molecule has 5 heteroatoms. The Hall–Kier alpha value is -1.90. The summed E-state index contributed by atoms with van der Waals surface area (Å²) in [5, 5.41) is 9.31. The molecule has 5 nitrogen and oxygen atoms in total. The van der Waals surface area contributed by atoms with Gasteiger partial charge in [-0.1, -0.05) is 12.1 Å². The second-order valence-electron chi connectivity index (χ2n) is 4.63. The number of benzene rings is 1. The first-order valence-corrected chi connectivity index (χ1v) is 6.44. The third-order valence-electron chi connectivity index (χ3n) is 3.31. The summed E-state index contributed by atoms with van der Waals surface area (Å²) in [7, 11) is 1.56. The lowest BCUT2D eigenvalue weighted by molar-refractivity contribution is -0.145. The van der Waals surface area contributed by atoms with Crippen molar-refractivity contribution in [2.75, 3.05) is 26.9 Å². The van der Waals surface area contributed by atoms with Crippen LogP contribution in [0, 0.1) is 18.3 Å². The summed E-state index contributed by atoms with van der Waals surface area (Å²) < 4.78 is 15.8. The minimum atomic E-state index is -0.865. The third-order valence-corrected chi connectivity index (χ3v) is 3.31. The molecule has 0 N–H and O–H groups in total. The van der Waals surface area contributed by atoms with Crippen LogP contribution in [0.15, 0.2) is 18.2 Å². The lowest BCUT2D eigenvalue weighted by atomic mass is 9.92. The quantitative estimate of drug-likeness (QED) is 0.834. The Morgan fingerprint density at radius 3 is 2.90 bits per heavy atom. The normalized spacial score (nSPS) is 19.9. The first kappa shape index (κ1) is 14.5. The lowest BCUT2D eigenvalue weighted by Crippen LogP contribution is -2.38. The molecule has 0 bridgehead atoms. The largest absolute Gasteiger partial charge is 0.496 e. The highest BCUT2D eigenvalue weighted by atomic mass is 16.6. The SMILES string of the molecule is COc1cc(C(C#N)C(=O)C2COCCO2)ccc1C. The fraction of sp³-hybridized carbons (Fsp3) is 0.467. The van der Waals surface area contributed by atoms with Crippen LogP contribution in [0.25, 0.3) is 0 Å². The molecule has 1 aliphatic rings. The maximum Gasteiger partial charge on any atom is 0.185 e. The molecule has 0 aliphatic carbocycles. The summed E-state index contributed by atoms with van der Waals surface area (Å²) in [5.41, 5.74) is 1.58. The summed E-state index contributed by atoms with van der Waals surface area (Å²) >= 11 is 0. The number of nitrogens with zero attached hydrogens (tertiary/aromatic N) is 1. The van der Waals surface area contributed by atoms with Gasteiger partial charge in [0, 0.05) is 0 Å². The van der Waals surface area contributed by atoms with E-state index in [4.69, 9.17) is 14.2 Å². The number of carbonyl (C=O) groups is 1. The van der Waals surface area contributed by atoms with Crippen LogP contribution in [-0.2, 0) is 14.3 Å². The smallest absolute Gasteiger partial charge is 0.185 e. The van der Waals surface area contributed by atoms with E-state index in [1.165, 1.54) is 0 Å². The number of hydrogen-bond donors (Lipinski definition) is 0. The minimum Gasteiger partial charge on any atom is -0.496 e. The van der Waals surface area contributed by atoms with E-state index < -0.39 is 12.0 Å². The Morgan fingerprint density at radius 1 is 1.50 bits per heavy atom. The number of Topliss-reactive ketones (excluding diaryl/α,β-unsaturated/α-hetero) is 1. The Bertz CT molecular complexity index is 529. The second kappa shape index (κ2) is 6.51. The molecule has 2 rings (SSSR count). The molecule has 1 aliphatic heterocycles. The molecule has 0 radical (unpaired) electrons. The monoisotopic (exact) mass is 275 g/mol. The Labute approximate surface area is 118 Å². The van der Waals surface area contributed by atoms with Gasteiger partial charge >= 0.3 is 0 Å². The van der Waals surface area contributed by atoms with Crippen molar-refractivity contribution in [2.24, 2.45) is 0 Å². The molecular weight excluding hydrogens is 258 g/mol. The summed E-state index contributed by atoms with van der Waals surface area (Å²) in [6.07, 6.45) is -0.666. The molecule has 0 amide bonds. The second-order valence-corrected chi connectivity index (χ2v) is 4.63. The van der Waals surface area contributed by atoms with E-state index in [0.29, 0.717) is 24.5 Å². The number of carbonyl (C=O) groups excluding carboxylic acids is 1. The Morgan fingerprint density at radius 2 is 2.30 bits per heavy atom. The van der Waals surface area contributed by atoms with Gasteiger partial charge in [-0.15, -0.1) is 0 Å². The van der Waals surface area contributed by atoms with Gasteiger partial charge in [0.05, 0.1) is 33.0 Å². The van der Waals surface area contributed by atoms with E-state index in [0.717, 1.165) is 5.56 Å². The van der Waals surface area contributed by atoms with Gasteiger partial charge in [-0.3, -0.25) is 4.79 Å². The molecule has 0 spiro atoms. The minimum absolute atomic E-state index is 0.208. The van der Waals surface area contributed by atoms with Gasteiger partial charge in [0.15, 0.2) is 5.78 Å². The van der Waals surface area contributed by atoms with Crippen LogP contribution in [0.2, 0.25) is 0 Å². The zero-order chi connectivity index (χ0) is 14.5. The number of rotatable bonds is 4. The molecule has 106 valence electrons. The van der Waals surface area contributed by atoms with E-state index in [2.05, 4.69) is 0 Å². The molecule has 2 atom stereocenters. The van der Waals surface area contributed by atoms with Crippen molar-refractivity contribution in [1.82, 2.24) is 0 Å². The molecule has 20 heavy (non-hydrogen) atoms. The van der Waals surface area contributed by atoms with Gasteiger partial charge in [0.25, 0.3) is 0 Å². The van der Waals surface area contributed by atoms with Crippen molar-refractivity contribution in [3.05, 3.63) is 29.3 Å². The number of methoxy groups -OCH3 is 1. The van der Waals surface area contributed by atoms with Crippen LogP contribution in [0.5, 0.6) is 5.75 Å². The van der Waals surface area contributed by atoms with Crippen LogP contribution >= 0.6 is 0 Å². The van der Waals surface area contributed by atoms with Gasteiger partial charge in [0.1, 0.15) is 17.8 Å². The van der Waals surface area contributed by atoms with Crippen LogP contribution in [0.4, 0.5) is 0 Å². The highest BCUT2D eigenvalue weighted by Gasteiger charge is 2.31. The molecule has 1 saturated heterocycles. The van der Waals surface area contributed by atoms with E-state index in [1.807, 2.05) is 19.1 Å². The van der Waals surface area contributed by atoms with Crippen molar-refractivity contribution in [3.8, 4) is 11.8 Å². The number of nitriles is 1. The predicted octanol–water partition coefficient (Wildman–Crippen LogP) is 1.60. The van der Waals surface area contributed by atoms with Gasteiger partial charge in [-0.05, 0) is 24.1 Å². The predicted molar refractivity (Wildman–Crippen MR) is 71.7 cm³/mol. The van der Waals surface area contributed by atoms with Crippen molar-refractivity contribution < 1.29 is 19.0 Å². The molecule has 1 heterocycles. The fourth-order valence-electron chi connectivity index (χ4n) is 2.16. The molecule has 1 aromatic rings. The summed E-state index contributed by atoms with van der Waals surface area (Å²) in [6, 6.07) is 7.38. The zero-order valence-electron chi connectivity index (χ0n) is 11.6. The number of ketones is 1. The van der Waals surface area contributed by atoms with Gasteiger partial charge < -0.3 is 14.2 Å². The van der Waals surface area contributed by atoms with E-state index >= 15 is 0 Å². The first-order valence-electron chi connectivity index (χ1n) is 6.44.